The first-order chi connectivity index (χ1) is 11.2. The Kier molecular flexibility index (Phi) is 4.56. The Bertz CT molecular complexity index is 665. The van der Waals surface area contributed by atoms with Gasteiger partial charge in [0.25, 0.3) is 0 Å². The van der Waals surface area contributed by atoms with Gasteiger partial charge in [0.1, 0.15) is 6.10 Å². The molecule has 1 saturated heterocycles. The van der Waals surface area contributed by atoms with Gasteiger partial charge in [0.15, 0.2) is 0 Å². The summed E-state index contributed by atoms with van der Waals surface area (Å²) in [5.74, 6) is 1.04. The molecule has 2 amide bonds. The van der Waals surface area contributed by atoms with Crippen LogP contribution in [0.15, 0.2) is 42.7 Å². The number of amides is 2. The molecular weight excluding hydrogens is 296 g/mol. The number of methoxy groups -OCH3 is 1. The number of anilines is 1. The molecule has 1 fully saturated rings. The van der Waals surface area contributed by atoms with Gasteiger partial charge >= 0.3 is 6.03 Å². The second kappa shape index (κ2) is 6.95. The average Bonchev–Trinajstić information content (AvgIpc) is 3.04. The minimum absolute atomic E-state index is 0.0392. The lowest BCUT2D eigenvalue weighted by atomic mass is 10.3. The fraction of sp³-hybridized carbons (Fsp3) is 0.312. The maximum atomic E-state index is 12.3. The molecule has 1 N–H and O–H groups in total. The topological polar surface area (TPSA) is 76.6 Å². The maximum Gasteiger partial charge on any atom is 0.321 e. The van der Waals surface area contributed by atoms with Crippen LogP contribution in [0.3, 0.4) is 0 Å². The second-order valence-corrected chi connectivity index (χ2v) is 5.16. The largest absolute Gasteiger partial charge is 0.481 e. The molecule has 0 bridgehead atoms. The minimum Gasteiger partial charge on any atom is -0.481 e. The summed E-state index contributed by atoms with van der Waals surface area (Å²) in [7, 11) is 1.54. The number of likely N-dealkylation sites (tertiary alicyclic amines) is 1. The van der Waals surface area contributed by atoms with Crippen LogP contribution < -0.4 is 14.8 Å². The molecule has 1 atom stereocenters. The molecule has 7 heteroatoms. The molecule has 0 aromatic carbocycles. The summed E-state index contributed by atoms with van der Waals surface area (Å²) >= 11 is 0. The Labute approximate surface area is 134 Å². The van der Waals surface area contributed by atoms with Crippen LogP contribution in [0, 0.1) is 0 Å². The third-order valence-electron chi connectivity index (χ3n) is 3.55. The van der Waals surface area contributed by atoms with Crippen molar-refractivity contribution in [1.29, 1.82) is 0 Å². The maximum absolute atomic E-state index is 12.3. The zero-order valence-electron chi connectivity index (χ0n) is 12.8. The van der Waals surface area contributed by atoms with Crippen molar-refractivity contribution >= 4 is 11.7 Å². The summed E-state index contributed by atoms with van der Waals surface area (Å²) in [6, 6.07) is 8.76. The van der Waals surface area contributed by atoms with Gasteiger partial charge in [-0.25, -0.2) is 14.8 Å². The number of pyridine rings is 2. The monoisotopic (exact) mass is 314 g/mol. The first kappa shape index (κ1) is 15.1. The van der Waals surface area contributed by atoms with Crippen molar-refractivity contribution in [3.63, 3.8) is 0 Å². The zero-order valence-corrected chi connectivity index (χ0v) is 12.8. The average molecular weight is 314 g/mol. The summed E-state index contributed by atoms with van der Waals surface area (Å²) in [5, 5.41) is 2.84. The van der Waals surface area contributed by atoms with Crippen LogP contribution in [-0.2, 0) is 0 Å². The molecule has 2 aromatic heterocycles. The number of carbonyl (C=O) groups excluding carboxylic acids is 1. The van der Waals surface area contributed by atoms with Gasteiger partial charge in [-0.3, -0.25) is 0 Å². The summed E-state index contributed by atoms with van der Waals surface area (Å²) in [4.78, 5) is 22.2. The van der Waals surface area contributed by atoms with E-state index < -0.39 is 0 Å². The van der Waals surface area contributed by atoms with E-state index in [1.807, 2.05) is 18.2 Å². The highest BCUT2D eigenvalue weighted by atomic mass is 16.5. The third-order valence-corrected chi connectivity index (χ3v) is 3.55. The number of aromatic nitrogens is 2. The molecule has 1 aliphatic rings. The van der Waals surface area contributed by atoms with Gasteiger partial charge in [-0.15, -0.1) is 0 Å². The molecule has 0 aliphatic carbocycles. The highest BCUT2D eigenvalue weighted by Gasteiger charge is 2.28. The molecule has 1 aliphatic heterocycles. The molecule has 3 rings (SSSR count). The van der Waals surface area contributed by atoms with Crippen molar-refractivity contribution in [1.82, 2.24) is 14.9 Å². The molecule has 1 unspecified atom stereocenters. The summed E-state index contributed by atoms with van der Waals surface area (Å²) in [6.45, 7) is 1.18. The molecule has 2 aromatic rings. The number of nitrogens with zero attached hydrogens (tertiary/aromatic N) is 3. The van der Waals surface area contributed by atoms with Gasteiger partial charge in [-0.05, 0) is 12.1 Å². The third kappa shape index (κ3) is 3.88. The highest BCUT2D eigenvalue weighted by Crippen LogP contribution is 2.18. The fourth-order valence-electron chi connectivity index (χ4n) is 2.40. The van der Waals surface area contributed by atoms with Gasteiger partial charge in [0.05, 0.1) is 13.7 Å². The molecular formula is C16H18N4O3. The molecule has 0 saturated carbocycles. The quantitative estimate of drug-likeness (QED) is 0.936. The first-order valence-electron chi connectivity index (χ1n) is 7.38. The normalized spacial score (nSPS) is 16.9. The van der Waals surface area contributed by atoms with Crippen LogP contribution in [0.1, 0.15) is 6.42 Å². The fourth-order valence-corrected chi connectivity index (χ4v) is 2.40. The smallest absolute Gasteiger partial charge is 0.321 e. The van der Waals surface area contributed by atoms with E-state index in [1.165, 1.54) is 7.11 Å². The summed E-state index contributed by atoms with van der Waals surface area (Å²) in [6.07, 6.45) is 4.02. The Hall–Kier alpha value is -2.83. The molecule has 0 spiro atoms. The van der Waals surface area contributed by atoms with Gasteiger partial charge < -0.3 is 19.7 Å². The van der Waals surface area contributed by atoms with Crippen molar-refractivity contribution in [2.75, 3.05) is 25.5 Å². The molecule has 7 nitrogen and oxygen atoms in total. The number of hydrogen-bond acceptors (Lipinski definition) is 5. The molecule has 3 heterocycles. The lowest BCUT2D eigenvalue weighted by Crippen LogP contribution is -2.34. The van der Waals surface area contributed by atoms with E-state index >= 15 is 0 Å². The van der Waals surface area contributed by atoms with Crippen molar-refractivity contribution in [2.24, 2.45) is 0 Å². The highest BCUT2D eigenvalue weighted by molar-refractivity contribution is 5.89. The zero-order chi connectivity index (χ0) is 16.1. The van der Waals surface area contributed by atoms with Crippen molar-refractivity contribution in [3.05, 3.63) is 42.7 Å². The molecule has 23 heavy (non-hydrogen) atoms. The standard InChI is InChI=1S/C16H18N4O3/c1-22-15-10-12(5-8-18-15)19-16(21)20-9-6-13(11-20)23-14-4-2-3-7-17-14/h2-5,7-8,10,13H,6,9,11H2,1H3,(H,18,19,21). The van der Waals surface area contributed by atoms with E-state index in [1.54, 1.807) is 29.4 Å². The van der Waals surface area contributed by atoms with Gasteiger partial charge in [-0.1, -0.05) is 6.07 Å². The van der Waals surface area contributed by atoms with Crippen LogP contribution in [0.25, 0.3) is 0 Å². The number of carbonyl (C=O) groups is 1. The minimum atomic E-state index is -0.162. The van der Waals surface area contributed by atoms with E-state index in [0.717, 1.165) is 6.42 Å². The molecule has 0 radical (unpaired) electrons. The van der Waals surface area contributed by atoms with E-state index in [4.69, 9.17) is 9.47 Å². The lowest BCUT2D eigenvalue weighted by Gasteiger charge is -2.17. The number of ether oxygens (including phenoxy) is 2. The van der Waals surface area contributed by atoms with E-state index in [9.17, 15) is 4.79 Å². The van der Waals surface area contributed by atoms with Crippen molar-refractivity contribution < 1.29 is 14.3 Å². The predicted octanol–water partition coefficient (Wildman–Crippen LogP) is 2.17. The van der Waals surface area contributed by atoms with Crippen LogP contribution in [-0.4, -0.2) is 47.2 Å². The van der Waals surface area contributed by atoms with E-state index in [-0.39, 0.29) is 12.1 Å². The van der Waals surface area contributed by atoms with E-state index in [0.29, 0.717) is 30.5 Å². The molecule has 120 valence electrons. The Balaban J connectivity index is 1.55. The number of hydrogen-bond donors (Lipinski definition) is 1. The Morgan fingerprint density at radius 1 is 1.26 bits per heavy atom. The Morgan fingerprint density at radius 2 is 2.13 bits per heavy atom. The van der Waals surface area contributed by atoms with Gasteiger partial charge in [0.2, 0.25) is 11.8 Å². The summed E-state index contributed by atoms with van der Waals surface area (Å²) < 4.78 is 10.8. The Morgan fingerprint density at radius 3 is 2.91 bits per heavy atom. The number of nitrogens with one attached hydrogen (secondary N) is 1. The number of urea groups is 1. The SMILES string of the molecule is COc1cc(NC(=O)N2CCC(Oc3ccccn3)C2)ccn1. The summed E-state index contributed by atoms with van der Waals surface area (Å²) in [5.41, 5.74) is 0.649. The van der Waals surface area contributed by atoms with Crippen LogP contribution in [0.2, 0.25) is 0 Å². The second-order valence-electron chi connectivity index (χ2n) is 5.16. The van der Waals surface area contributed by atoms with Crippen LogP contribution >= 0.6 is 0 Å². The first-order valence-corrected chi connectivity index (χ1v) is 7.38. The number of rotatable bonds is 4. The predicted molar refractivity (Wildman–Crippen MR) is 84.7 cm³/mol. The van der Waals surface area contributed by atoms with Gasteiger partial charge in [-0.2, -0.15) is 0 Å². The van der Waals surface area contributed by atoms with Crippen molar-refractivity contribution in [2.45, 2.75) is 12.5 Å². The lowest BCUT2D eigenvalue weighted by molar-refractivity contribution is 0.190. The van der Waals surface area contributed by atoms with E-state index in [2.05, 4.69) is 15.3 Å². The van der Waals surface area contributed by atoms with Crippen LogP contribution in [0.5, 0.6) is 11.8 Å². The van der Waals surface area contributed by atoms with Crippen LogP contribution in [0.4, 0.5) is 10.5 Å². The van der Waals surface area contributed by atoms with Crippen molar-refractivity contribution in [3.8, 4) is 11.8 Å². The van der Waals surface area contributed by atoms with Gasteiger partial charge in [0, 0.05) is 43.2 Å².